The Morgan fingerprint density at radius 3 is 2.12 bits per heavy atom. The highest BCUT2D eigenvalue weighted by Crippen LogP contribution is 2.44. The number of benzene rings is 4. The van der Waals surface area contributed by atoms with Gasteiger partial charge in [0.1, 0.15) is 6.61 Å². The summed E-state index contributed by atoms with van der Waals surface area (Å²) in [6, 6.07) is 30.2. The molecule has 0 heterocycles. The van der Waals surface area contributed by atoms with Crippen molar-refractivity contribution in [1.82, 2.24) is 5.32 Å². The molecule has 1 aliphatic rings. The average molecular weight is 452 g/mol. The molecule has 4 aromatic rings. The van der Waals surface area contributed by atoms with Crippen molar-refractivity contribution in [1.29, 1.82) is 0 Å². The highest BCUT2D eigenvalue weighted by molar-refractivity contribution is 5.83. The number of carbonyl (C=O) groups excluding carboxylic acids is 1. The Bertz CT molecular complexity index is 1320. The van der Waals surface area contributed by atoms with Gasteiger partial charge in [0.25, 0.3) is 0 Å². The lowest BCUT2D eigenvalue weighted by molar-refractivity contribution is -0.141. The third-order valence-corrected chi connectivity index (χ3v) is 6.48. The van der Waals surface area contributed by atoms with Gasteiger partial charge in [0, 0.05) is 12.5 Å². The quantitative estimate of drug-likeness (QED) is 0.382. The number of hydrogen-bond donors (Lipinski definition) is 2. The first kappa shape index (κ1) is 21.7. The molecule has 5 nitrogen and oxygen atoms in total. The number of ether oxygens (including phenoxy) is 1. The van der Waals surface area contributed by atoms with E-state index in [1.54, 1.807) is 0 Å². The molecule has 0 radical (unpaired) electrons. The summed E-state index contributed by atoms with van der Waals surface area (Å²) in [7, 11) is 0. The Labute approximate surface area is 198 Å². The number of hydrogen-bond acceptors (Lipinski definition) is 3. The average Bonchev–Trinajstić information content (AvgIpc) is 3.18. The number of amides is 1. The lowest BCUT2D eigenvalue weighted by atomic mass is 9.97. The summed E-state index contributed by atoms with van der Waals surface area (Å²) < 4.78 is 5.53. The zero-order valence-electron chi connectivity index (χ0n) is 18.6. The number of carboxylic acid groups (broad SMARTS) is 1. The molecule has 0 spiro atoms. The summed E-state index contributed by atoms with van der Waals surface area (Å²) in [5, 5.41) is 14.5. The predicted molar refractivity (Wildman–Crippen MR) is 132 cm³/mol. The van der Waals surface area contributed by atoms with Crippen LogP contribution in [0.15, 0.2) is 91.0 Å². The van der Waals surface area contributed by atoms with Crippen molar-refractivity contribution in [2.24, 2.45) is 5.92 Å². The molecule has 0 saturated heterocycles. The molecule has 0 unspecified atom stereocenters. The molecule has 1 amide bonds. The van der Waals surface area contributed by atoms with Crippen LogP contribution in [0.4, 0.5) is 4.79 Å². The molecule has 0 saturated carbocycles. The molecule has 5 rings (SSSR count). The Balaban J connectivity index is 1.21. The molecule has 0 aromatic heterocycles. The fourth-order valence-electron chi connectivity index (χ4n) is 4.75. The van der Waals surface area contributed by atoms with Crippen molar-refractivity contribution < 1.29 is 19.4 Å². The van der Waals surface area contributed by atoms with Gasteiger partial charge in [-0.25, -0.2) is 4.79 Å². The predicted octanol–water partition coefficient (Wildman–Crippen LogP) is 5.62. The molecule has 34 heavy (non-hydrogen) atoms. The van der Waals surface area contributed by atoms with E-state index in [4.69, 9.17) is 4.74 Å². The molecular weight excluding hydrogens is 426 g/mol. The summed E-state index contributed by atoms with van der Waals surface area (Å²) in [5.41, 5.74) is 5.51. The number of alkyl carbamates (subject to hydrolysis) is 1. The van der Waals surface area contributed by atoms with Crippen LogP contribution < -0.4 is 5.32 Å². The number of rotatable bonds is 7. The van der Waals surface area contributed by atoms with Crippen LogP contribution in [0.3, 0.4) is 0 Å². The lowest BCUT2D eigenvalue weighted by Crippen LogP contribution is -2.35. The van der Waals surface area contributed by atoms with E-state index in [9.17, 15) is 14.7 Å². The Morgan fingerprint density at radius 2 is 1.44 bits per heavy atom. The standard InChI is InChI=1S/C29H25NO4/c31-28(32)22(16-19-13-14-20-7-1-2-8-21(20)15-19)17-30-29(33)34-18-27-25-11-5-3-9-23(25)24-10-4-6-12-26(24)27/h1-15,22,27H,16-18H2,(H,30,33)(H,31,32)/t22-/m1/s1. The van der Waals surface area contributed by atoms with E-state index in [0.29, 0.717) is 6.42 Å². The third-order valence-electron chi connectivity index (χ3n) is 6.48. The van der Waals surface area contributed by atoms with Crippen molar-refractivity contribution in [3.05, 3.63) is 108 Å². The van der Waals surface area contributed by atoms with Crippen molar-refractivity contribution in [3.63, 3.8) is 0 Å². The van der Waals surface area contributed by atoms with Crippen LogP contribution in [-0.4, -0.2) is 30.3 Å². The molecule has 1 atom stereocenters. The number of nitrogens with one attached hydrogen (secondary N) is 1. The maximum Gasteiger partial charge on any atom is 0.407 e. The van der Waals surface area contributed by atoms with Gasteiger partial charge >= 0.3 is 12.1 Å². The lowest BCUT2D eigenvalue weighted by Gasteiger charge is -2.16. The smallest absolute Gasteiger partial charge is 0.407 e. The van der Waals surface area contributed by atoms with Crippen LogP contribution in [0.25, 0.3) is 21.9 Å². The maximum atomic E-state index is 12.5. The maximum absolute atomic E-state index is 12.5. The molecule has 170 valence electrons. The molecule has 0 fully saturated rings. The minimum absolute atomic E-state index is 0.00116. The second kappa shape index (κ2) is 9.40. The van der Waals surface area contributed by atoms with Crippen molar-refractivity contribution in [3.8, 4) is 11.1 Å². The number of carboxylic acids is 1. The first-order chi connectivity index (χ1) is 16.6. The summed E-state index contributed by atoms with van der Waals surface area (Å²) in [4.78, 5) is 24.3. The van der Waals surface area contributed by atoms with Gasteiger partial charge < -0.3 is 15.2 Å². The number of carbonyl (C=O) groups is 2. The molecule has 2 N–H and O–H groups in total. The second-order valence-corrected chi connectivity index (χ2v) is 8.63. The van der Waals surface area contributed by atoms with Gasteiger partial charge in [-0.05, 0) is 45.0 Å². The first-order valence-electron chi connectivity index (χ1n) is 11.4. The van der Waals surface area contributed by atoms with Crippen molar-refractivity contribution >= 4 is 22.8 Å². The molecular formula is C29H25NO4. The third kappa shape index (κ3) is 4.37. The zero-order chi connectivity index (χ0) is 23.5. The Morgan fingerprint density at radius 1 is 0.824 bits per heavy atom. The van der Waals surface area contributed by atoms with Crippen LogP contribution in [-0.2, 0) is 16.0 Å². The van der Waals surface area contributed by atoms with Gasteiger partial charge in [-0.2, -0.15) is 0 Å². The number of aliphatic carboxylic acids is 1. The van der Waals surface area contributed by atoms with E-state index >= 15 is 0 Å². The molecule has 0 aliphatic heterocycles. The summed E-state index contributed by atoms with van der Waals surface area (Å²) in [6.45, 7) is 0.196. The minimum Gasteiger partial charge on any atom is -0.481 e. The minimum atomic E-state index is -0.952. The summed E-state index contributed by atoms with van der Waals surface area (Å²) in [6.07, 6.45) is -0.282. The zero-order valence-corrected chi connectivity index (χ0v) is 18.6. The second-order valence-electron chi connectivity index (χ2n) is 8.63. The number of fused-ring (bicyclic) bond motifs is 4. The fraction of sp³-hybridized carbons (Fsp3) is 0.172. The molecule has 0 bridgehead atoms. The van der Waals surface area contributed by atoms with Gasteiger partial charge in [0.2, 0.25) is 0 Å². The van der Waals surface area contributed by atoms with Crippen molar-refractivity contribution in [2.45, 2.75) is 12.3 Å². The van der Waals surface area contributed by atoms with E-state index in [0.717, 1.165) is 38.6 Å². The first-order valence-corrected chi connectivity index (χ1v) is 11.4. The highest BCUT2D eigenvalue weighted by Gasteiger charge is 2.29. The normalized spacial score (nSPS) is 13.2. The topological polar surface area (TPSA) is 75.6 Å². The van der Waals surface area contributed by atoms with Crippen molar-refractivity contribution in [2.75, 3.05) is 13.2 Å². The van der Waals surface area contributed by atoms with E-state index in [-0.39, 0.29) is 19.1 Å². The van der Waals surface area contributed by atoms with Crippen LogP contribution in [0.5, 0.6) is 0 Å². The van der Waals surface area contributed by atoms with E-state index in [1.165, 1.54) is 0 Å². The van der Waals surface area contributed by atoms with E-state index in [2.05, 4.69) is 29.6 Å². The van der Waals surface area contributed by atoms with E-state index < -0.39 is 18.0 Å². The van der Waals surface area contributed by atoms with Gasteiger partial charge in [0.15, 0.2) is 0 Å². The fourth-order valence-corrected chi connectivity index (χ4v) is 4.75. The van der Waals surface area contributed by atoms with E-state index in [1.807, 2.05) is 66.7 Å². The largest absolute Gasteiger partial charge is 0.481 e. The Kier molecular flexibility index (Phi) is 6.00. The Hall–Kier alpha value is -4.12. The molecule has 1 aliphatic carbocycles. The molecule has 5 heteroatoms. The monoisotopic (exact) mass is 451 g/mol. The SMILES string of the molecule is O=C(NC[C@@H](Cc1ccc2ccccc2c1)C(=O)O)OCC1c2ccccc2-c2ccccc21. The van der Waals surface area contributed by atoms with Crippen LogP contribution in [0.1, 0.15) is 22.6 Å². The summed E-state index contributed by atoms with van der Waals surface area (Å²) >= 11 is 0. The van der Waals surface area contributed by atoms with Crippen LogP contribution >= 0.6 is 0 Å². The van der Waals surface area contributed by atoms with Gasteiger partial charge in [-0.1, -0.05) is 91.0 Å². The highest BCUT2D eigenvalue weighted by atomic mass is 16.5. The summed E-state index contributed by atoms with van der Waals surface area (Å²) in [5.74, 6) is -1.74. The van der Waals surface area contributed by atoms with Gasteiger partial charge in [0.05, 0.1) is 5.92 Å². The van der Waals surface area contributed by atoms with Crippen LogP contribution in [0.2, 0.25) is 0 Å². The van der Waals surface area contributed by atoms with Crippen LogP contribution in [0, 0.1) is 5.92 Å². The van der Waals surface area contributed by atoms with Gasteiger partial charge in [-0.3, -0.25) is 4.79 Å². The molecule has 4 aromatic carbocycles. The van der Waals surface area contributed by atoms with Gasteiger partial charge in [-0.15, -0.1) is 0 Å².